The summed E-state index contributed by atoms with van der Waals surface area (Å²) in [7, 11) is 0. The van der Waals surface area contributed by atoms with Crippen LogP contribution in [0.15, 0.2) is 0 Å². The Labute approximate surface area is 108 Å². The van der Waals surface area contributed by atoms with Gasteiger partial charge in [0.2, 0.25) is 5.91 Å². The van der Waals surface area contributed by atoms with Crippen molar-refractivity contribution in [1.82, 2.24) is 10.6 Å². The Morgan fingerprint density at radius 2 is 2.06 bits per heavy atom. The molecule has 0 aliphatic carbocycles. The molecule has 1 unspecified atom stereocenters. The average molecular weight is 256 g/mol. The molecule has 18 heavy (non-hydrogen) atoms. The van der Waals surface area contributed by atoms with Gasteiger partial charge < -0.3 is 15.7 Å². The van der Waals surface area contributed by atoms with Crippen LogP contribution in [0.1, 0.15) is 47.0 Å². The third-order valence-electron chi connectivity index (χ3n) is 3.67. The van der Waals surface area contributed by atoms with Crippen LogP contribution in [0.5, 0.6) is 0 Å². The van der Waals surface area contributed by atoms with Crippen molar-refractivity contribution in [3.8, 4) is 0 Å². The summed E-state index contributed by atoms with van der Waals surface area (Å²) in [4.78, 5) is 23.6. The van der Waals surface area contributed by atoms with Crippen molar-refractivity contribution in [2.45, 2.75) is 58.5 Å². The average Bonchev–Trinajstić information content (AvgIpc) is 2.73. The highest BCUT2D eigenvalue weighted by Gasteiger charge is 2.42. The van der Waals surface area contributed by atoms with Crippen LogP contribution in [0, 0.1) is 5.41 Å². The number of hydrogen-bond acceptors (Lipinski definition) is 3. The highest BCUT2D eigenvalue weighted by atomic mass is 16.4. The van der Waals surface area contributed by atoms with Gasteiger partial charge in [-0.3, -0.25) is 4.79 Å². The highest BCUT2D eigenvalue weighted by Crippen LogP contribution is 2.25. The van der Waals surface area contributed by atoms with E-state index in [9.17, 15) is 14.7 Å². The Morgan fingerprint density at radius 3 is 2.39 bits per heavy atom. The second-order valence-corrected chi connectivity index (χ2v) is 6.08. The Bertz CT molecular complexity index is 328. The summed E-state index contributed by atoms with van der Waals surface area (Å²) < 4.78 is 0. The molecule has 0 aromatic heterocycles. The first-order valence-corrected chi connectivity index (χ1v) is 6.52. The smallest absolute Gasteiger partial charge is 0.326 e. The SMILES string of the molecule is CCC1(C(=O)N[C@H](C(=O)O)C(C)(C)C)CCCN1. The molecule has 0 radical (unpaired) electrons. The third-order valence-corrected chi connectivity index (χ3v) is 3.67. The number of aliphatic carboxylic acids is 1. The molecule has 1 aliphatic heterocycles. The molecule has 5 nitrogen and oxygen atoms in total. The van der Waals surface area contributed by atoms with Crippen molar-refractivity contribution in [2.75, 3.05) is 6.54 Å². The molecule has 5 heteroatoms. The summed E-state index contributed by atoms with van der Waals surface area (Å²) >= 11 is 0. The third kappa shape index (κ3) is 3.02. The molecular weight excluding hydrogens is 232 g/mol. The van der Waals surface area contributed by atoms with Crippen LogP contribution in [-0.2, 0) is 9.59 Å². The van der Waals surface area contributed by atoms with E-state index in [0.29, 0.717) is 6.42 Å². The highest BCUT2D eigenvalue weighted by molar-refractivity contribution is 5.90. The number of nitrogens with one attached hydrogen (secondary N) is 2. The van der Waals surface area contributed by atoms with Gasteiger partial charge in [0.15, 0.2) is 0 Å². The lowest BCUT2D eigenvalue weighted by Crippen LogP contribution is -2.59. The van der Waals surface area contributed by atoms with Gasteiger partial charge >= 0.3 is 5.97 Å². The van der Waals surface area contributed by atoms with Crippen LogP contribution in [0.25, 0.3) is 0 Å². The zero-order valence-electron chi connectivity index (χ0n) is 11.7. The molecule has 0 aromatic carbocycles. The van der Waals surface area contributed by atoms with Crippen molar-refractivity contribution >= 4 is 11.9 Å². The number of carboxylic acid groups (broad SMARTS) is 1. The van der Waals surface area contributed by atoms with Gasteiger partial charge in [0, 0.05) is 0 Å². The standard InChI is InChI=1S/C13H24N2O3/c1-5-13(7-6-8-14-13)11(18)15-9(10(16)17)12(2,3)4/h9,14H,5-8H2,1-4H3,(H,15,18)(H,16,17)/t9-,13?/m1/s1. The monoisotopic (exact) mass is 256 g/mol. The van der Waals surface area contributed by atoms with Crippen molar-refractivity contribution in [2.24, 2.45) is 5.41 Å². The number of rotatable bonds is 4. The number of carbonyl (C=O) groups excluding carboxylic acids is 1. The van der Waals surface area contributed by atoms with Crippen LogP contribution in [0.4, 0.5) is 0 Å². The summed E-state index contributed by atoms with van der Waals surface area (Å²) in [6, 6.07) is -0.865. The zero-order valence-corrected chi connectivity index (χ0v) is 11.7. The summed E-state index contributed by atoms with van der Waals surface area (Å²) in [6.07, 6.45) is 2.40. The van der Waals surface area contributed by atoms with Gasteiger partial charge in [0.1, 0.15) is 6.04 Å². The van der Waals surface area contributed by atoms with Gasteiger partial charge in [-0.1, -0.05) is 27.7 Å². The molecule has 0 spiro atoms. The summed E-state index contributed by atoms with van der Waals surface area (Å²) in [5, 5.41) is 15.1. The van der Waals surface area contributed by atoms with Crippen LogP contribution in [0.3, 0.4) is 0 Å². The minimum absolute atomic E-state index is 0.190. The van der Waals surface area contributed by atoms with Crippen LogP contribution in [-0.4, -0.2) is 35.1 Å². The lowest BCUT2D eigenvalue weighted by Gasteiger charge is -2.33. The first-order chi connectivity index (χ1) is 8.23. The van der Waals surface area contributed by atoms with E-state index < -0.39 is 23.0 Å². The molecular formula is C13H24N2O3. The maximum atomic E-state index is 12.3. The second kappa shape index (κ2) is 5.26. The molecule has 1 rings (SSSR count). The molecule has 1 amide bonds. The second-order valence-electron chi connectivity index (χ2n) is 6.08. The van der Waals surface area contributed by atoms with Crippen LogP contribution < -0.4 is 10.6 Å². The Morgan fingerprint density at radius 1 is 1.44 bits per heavy atom. The van der Waals surface area contributed by atoms with Gasteiger partial charge in [-0.15, -0.1) is 0 Å². The molecule has 1 aliphatic rings. The fraction of sp³-hybridized carbons (Fsp3) is 0.846. The lowest BCUT2D eigenvalue weighted by molar-refractivity contribution is -0.146. The Hall–Kier alpha value is -1.10. The molecule has 1 fully saturated rings. The van der Waals surface area contributed by atoms with E-state index in [4.69, 9.17) is 0 Å². The van der Waals surface area contributed by atoms with Gasteiger partial charge in [-0.25, -0.2) is 4.79 Å². The minimum atomic E-state index is -0.986. The quantitative estimate of drug-likeness (QED) is 0.704. The van der Waals surface area contributed by atoms with Crippen molar-refractivity contribution in [3.05, 3.63) is 0 Å². The molecule has 0 bridgehead atoms. The van der Waals surface area contributed by atoms with E-state index in [1.54, 1.807) is 0 Å². The van der Waals surface area contributed by atoms with E-state index in [1.807, 2.05) is 27.7 Å². The fourth-order valence-corrected chi connectivity index (χ4v) is 2.38. The predicted octanol–water partition coefficient (Wildman–Crippen LogP) is 1.13. The molecule has 2 atom stereocenters. The largest absolute Gasteiger partial charge is 0.480 e. The molecule has 0 aromatic rings. The van der Waals surface area contributed by atoms with E-state index in [2.05, 4.69) is 10.6 Å². The van der Waals surface area contributed by atoms with Crippen LogP contribution >= 0.6 is 0 Å². The van der Waals surface area contributed by atoms with Gasteiger partial charge in [-0.2, -0.15) is 0 Å². The topological polar surface area (TPSA) is 78.4 Å². The first kappa shape index (κ1) is 15.0. The van der Waals surface area contributed by atoms with Crippen molar-refractivity contribution in [3.63, 3.8) is 0 Å². The molecule has 104 valence electrons. The van der Waals surface area contributed by atoms with Crippen molar-refractivity contribution < 1.29 is 14.7 Å². The number of amides is 1. The summed E-state index contributed by atoms with van der Waals surface area (Å²) in [5.41, 5.74) is -1.09. The maximum Gasteiger partial charge on any atom is 0.326 e. The van der Waals surface area contributed by atoms with Gasteiger partial charge in [0.25, 0.3) is 0 Å². The van der Waals surface area contributed by atoms with Crippen LogP contribution in [0.2, 0.25) is 0 Å². The first-order valence-electron chi connectivity index (χ1n) is 6.52. The molecule has 1 heterocycles. The van der Waals surface area contributed by atoms with E-state index >= 15 is 0 Å². The fourth-order valence-electron chi connectivity index (χ4n) is 2.38. The van der Waals surface area contributed by atoms with E-state index in [1.165, 1.54) is 0 Å². The number of hydrogen-bond donors (Lipinski definition) is 3. The summed E-state index contributed by atoms with van der Waals surface area (Å²) in [6.45, 7) is 8.20. The molecule has 3 N–H and O–H groups in total. The molecule has 0 saturated carbocycles. The van der Waals surface area contributed by atoms with Crippen molar-refractivity contribution in [1.29, 1.82) is 0 Å². The van der Waals surface area contributed by atoms with Gasteiger partial charge in [-0.05, 0) is 31.2 Å². The maximum absolute atomic E-state index is 12.3. The number of carboxylic acids is 1. The predicted molar refractivity (Wildman–Crippen MR) is 69.3 cm³/mol. The molecule has 1 saturated heterocycles. The Balaban J connectivity index is 2.81. The lowest BCUT2D eigenvalue weighted by atomic mass is 9.85. The summed E-state index contributed by atoms with van der Waals surface area (Å²) in [5.74, 6) is -1.18. The zero-order chi connectivity index (χ0) is 14.0. The van der Waals surface area contributed by atoms with E-state index in [0.717, 1.165) is 19.4 Å². The van der Waals surface area contributed by atoms with Gasteiger partial charge in [0.05, 0.1) is 5.54 Å². The normalized spacial score (nSPS) is 25.8. The Kier molecular flexibility index (Phi) is 4.37. The minimum Gasteiger partial charge on any atom is -0.480 e. The number of carbonyl (C=O) groups is 2. The van der Waals surface area contributed by atoms with E-state index in [-0.39, 0.29) is 5.91 Å².